The van der Waals surface area contributed by atoms with Crippen LogP contribution < -0.4 is 15.6 Å². The second kappa shape index (κ2) is 11.4. The Balaban J connectivity index is 1.55. The molecule has 38 heavy (non-hydrogen) atoms. The standard InChI is InChI=1S/C27H24N4O4S3/c1-3-34-20-12-10-18(11-13-20)30-24-23(38-27(30)36)25(33)31(19-8-6-17(2)7-9-19)26(29-24)37-16-22(32)28-15-21-5-4-14-35-21/h4-14H,3,15-16H2,1-2H3,(H,28,32). The Bertz CT molecular complexity index is 1690. The van der Waals surface area contributed by atoms with Crippen LogP contribution in [0, 0.1) is 10.9 Å². The summed E-state index contributed by atoms with van der Waals surface area (Å²) in [5.74, 6) is 1.27. The van der Waals surface area contributed by atoms with Gasteiger partial charge in [-0.1, -0.05) is 40.8 Å². The van der Waals surface area contributed by atoms with Crippen LogP contribution in [0.2, 0.25) is 0 Å². The monoisotopic (exact) mass is 564 g/mol. The van der Waals surface area contributed by atoms with Crippen LogP contribution in [0.1, 0.15) is 18.2 Å². The number of amides is 1. The number of benzene rings is 2. The molecule has 0 aliphatic heterocycles. The van der Waals surface area contributed by atoms with Gasteiger partial charge < -0.3 is 14.5 Å². The summed E-state index contributed by atoms with van der Waals surface area (Å²) in [6.07, 6.45) is 1.56. The minimum Gasteiger partial charge on any atom is -0.494 e. The number of hydrogen-bond donors (Lipinski definition) is 1. The first-order valence-electron chi connectivity index (χ1n) is 11.9. The molecule has 194 valence electrons. The third-order valence-corrected chi connectivity index (χ3v) is 7.94. The Kier molecular flexibility index (Phi) is 7.77. The minimum absolute atomic E-state index is 0.0679. The number of thiazole rings is 1. The molecule has 0 unspecified atom stereocenters. The molecule has 5 aromatic rings. The van der Waals surface area contributed by atoms with Crippen LogP contribution in [0.5, 0.6) is 5.75 Å². The molecule has 0 saturated carbocycles. The molecule has 8 nitrogen and oxygen atoms in total. The van der Waals surface area contributed by atoms with Gasteiger partial charge in [0.1, 0.15) is 16.2 Å². The van der Waals surface area contributed by atoms with E-state index in [1.807, 2.05) is 62.4 Å². The van der Waals surface area contributed by atoms with Crippen LogP contribution in [0.25, 0.3) is 21.7 Å². The highest BCUT2D eigenvalue weighted by atomic mass is 32.2. The number of aromatic nitrogens is 3. The normalized spacial score (nSPS) is 11.1. The van der Waals surface area contributed by atoms with E-state index in [2.05, 4.69) is 5.32 Å². The maximum Gasteiger partial charge on any atom is 0.278 e. The average Bonchev–Trinajstić information content (AvgIpc) is 3.55. The zero-order valence-electron chi connectivity index (χ0n) is 20.7. The van der Waals surface area contributed by atoms with Crippen molar-refractivity contribution in [1.29, 1.82) is 0 Å². The molecule has 3 heterocycles. The van der Waals surface area contributed by atoms with Crippen LogP contribution >= 0.6 is 35.3 Å². The number of hydrogen-bond acceptors (Lipinski definition) is 8. The molecule has 5 rings (SSSR count). The molecule has 2 aromatic carbocycles. The Morgan fingerprint density at radius 3 is 2.50 bits per heavy atom. The van der Waals surface area contributed by atoms with Crippen LogP contribution in [0.3, 0.4) is 0 Å². The molecular formula is C27H24N4O4S3. The fourth-order valence-corrected chi connectivity index (χ4v) is 5.96. The second-order valence-electron chi connectivity index (χ2n) is 8.30. The van der Waals surface area contributed by atoms with Crippen molar-refractivity contribution in [2.75, 3.05) is 12.4 Å². The number of thioether (sulfide) groups is 1. The summed E-state index contributed by atoms with van der Waals surface area (Å²) in [6, 6.07) is 18.6. The van der Waals surface area contributed by atoms with Crippen LogP contribution in [0.4, 0.5) is 0 Å². The summed E-state index contributed by atoms with van der Waals surface area (Å²) in [4.78, 5) is 31.3. The predicted molar refractivity (Wildman–Crippen MR) is 153 cm³/mol. The number of ether oxygens (including phenoxy) is 1. The molecule has 0 atom stereocenters. The van der Waals surface area contributed by atoms with Gasteiger partial charge in [-0.25, -0.2) is 4.98 Å². The number of furan rings is 1. The lowest BCUT2D eigenvalue weighted by atomic mass is 10.2. The Hall–Kier alpha value is -3.67. The first-order valence-corrected chi connectivity index (χ1v) is 14.1. The van der Waals surface area contributed by atoms with E-state index in [0.717, 1.165) is 17.0 Å². The lowest BCUT2D eigenvalue weighted by molar-refractivity contribution is -0.118. The van der Waals surface area contributed by atoms with E-state index in [1.165, 1.54) is 23.1 Å². The summed E-state index contributed by atoms with van der Waals surface area (Å²) >= 11 is 8.07. The highest BCUT2D eigenvalue weighted by Gasteiger charge is 2.20. The maximum absolute atomic E-state index is 13.8. The van der Waals surface area contributed by atoms with Crippen molar-refractivity contribution in [3.8, 4) is 17.1 Å². The molecule has 0 radical (unpaired) electrons. The number of carbonyl (C=O) groups is 1. The number of carbonyl (C=O) groups excluding carboxylic acids is 1. The SMILES string of the molecule is CCOc1ccc(-n2c(=S)sc3c(=O)n(-c4ccc(C)cc4)c(SCC(=O)NCc4ccco4)nc32)cc1. The van der Waals surface area contributed by atoms with Crippen LogP contribution in [0.15, 0.2) is 81.3 Å². The molecule has 0 fully saturated rings. The molecular weight excluding hydrogens is 541 g/mol. The van der Waals surface area contributed by atoms with Crippen LogP contribution in [-0.4, -0.2) is 32.4 Å². The molecule has 11 heteroatoms. The molecule has 3 aromatic heterocycles. The quantitative estimate of drug-likeness (QED) is 0.140. The van der Waals surface area contributed by atoms with Gasteiger partial charge in [-0.2, -0.15) is 0 Å². The van der Waals surface area contributed by atoms with Crippen molar-refractivity contribution in [1.82, 2.24) is 19.4 Å². The number of fused-ring (bicyclic) bond motifs is 1. The van der Waals surface area contributed by atoms with Crippen molar-refractivity contribution < 1.29 is 13.9 Å². The maximum atomic E-state index is 13.8. The summed E-state index contributed by atoms with van der Waals surface area (Å²) in [5, 5.41) is 3.23. The number of nitrogens with zero attached hydrogens (tertiary/aromatic N) is 3. The van der Waals surface area contributed by atoms with Gasteiger partial charge in [0, 0.05) is 5.69 Å². The largest absolute Gasteiger partial charge is 0.494 e. The summed E-state index contributed by atoms with van der Waals surface area (Å²) < 4.78 is 15.1. The molecule has 0 spiro atoms. The molecule has 0 aliphatic rings. The molecule has 0 saturated heterocycles. The highest BCUT2D eigenvalue weighted by molar-refractivity contribution is 7.99. The summed E-state index contributed by atoms with van der Waals surface area (Å²) in [7, 11) is 0. The van der Waals surface area contributed by atoms with E-state index in [-0.39, 0.29) is 23.8 Å². The van der Waals surface area contributed by atoms with E-state index in [4.69, 9.17) is 26.4 Å². The van der Waals surface area contributed by atoms with Crippen LogP contribution in [-0.2, 0) is 11.3 Å². The van der Waals surface area contributed by atoms with Gasteiger partial charge in [0.25, 0.3) is 5.56 Å². The number of nitrogens with one attached hydrogen (secondary N) is 1. The van der Waals surface area contributed by atoms with Crippen molar-refractivity contribution in [3.05, 3.63) is 92.6 Å². The average molecular weight is 565 g/mol. The van der Waals surface area contributed by atoms with Gasteiger partial charge in [-0.15, -0.1) is 0 Å². The Morgan fingerprint density at radius 2 is 1.82 bits per heavy atom. The van der Waals surface area contributed by atoms with E-state index < -0.39 is 0 Å². The molecule has 1 amide bonds. The molecule has 1 N–H and O–H groups in total. The first-order chi connectivity index (χ1) is 18.4. The van der Waals surface area contributed by atoms with Gasteiger partial charge in [0.05, 0.1) is 30.9 Å². The number of rotatable bonds is 9. The fraction of sp³-hybridized carbons (Fsp3) is 0.185. The van der Waals surface area contributed by atoms with E-state index in [0.29, 0.717) is 37.5 Å². The lowest BCUT2D eigenvalue weighted by Gasteiger charge is -2.13. The summed E-state index contributed by atoms with van der Waals surface area (Å²) in [5.41, 5.74) is 2.73. The van der Waals surface area contributed by atoms with E-state index in [1.54, 1.807) is 27.5 Å². The van der Waals surface area contributed by atoms with E-state index in [9.17, 15) is 9.59 Å². The van der Waals surface area contributed by atoms with Gasteiger partial charge in [-0.05, 0) is 74.6 Å². The zero-order valence-corrected chi connectivity index (χ0v) is 23.1. The molecule has 0 aliphatic carbocycles. The zero-order chi connectivity index (χ0) is 26.6. The van der Waals surface area contributed by atoms with Gasteiger partial charge in [-0.3, -0.25) is 18.7 Å². The van der Waals surface area contributed by atoms with E-state index >= 15 is 0 Å². The summed E-state index contributed by atoms with van der Waals surface area (Å²) in [6.45, 7) is 4.76. The number of aryl methyl sites for hydroxylation is 1. The smallest absolute Gasteiger partial charge is 0.278 e. The highest BCUT2D eigenvalue weighted by Crippen LogP contribution is 2.28. The lowest BCUT2D eigenvalue weighted by Crippen LogP contribution is -2.26. The second-order valence-corrected chi connectivity index (χ2v) is 10.9. The van der Waals surface area contributed by atoms with Gasteiger partial charge in [0.15, 0.2) is 14.8 Å². The predicted octanol–water partition coefficient (Wildman–Crippen LogP) is 5.68. The molecule has 0 bridgehead atoms. The van der Waals surface area contributed by atoms with Gasteiger partial charge in [0.2, 0.25) is 5.91 Å². The van der Waals surface area contributed by atoms with Crippen molar-refractivity contribution >= 4 is 51.6 Å². The third kappa shape index (κ3) is 5.45. The Labute approximate surface area is 231 Å². The minimum atomic E-state index is -0.238. The van der Waals surface area contributed by atoms with Crippen molar-refractivity contribution in [3.63, 3.8) is 0 Å². The fourth-order valence-electron chi connectivity index (χ4n) is 3.82. The Morgan fingerprint density at radius 1 is 1.11 bits per heavy atom. The first kappa shape index (κ1) is 26.0. The van der Waals surface area contributed by atoms with Crippen molar-refractivity contribution in [2.45, 2.75) is 25.5 Å². The third-order valence-electron chi connectivity index (χ3n) is 5.65. The topological polar surface area (TPSA) is 91.3 Å². The van der Waals surface area contributed by atoms with Gasteiger partial charge >= 0.3 is 0 Å². The van der Waals surface area contributed by atoms with Crippen molar-refractivity contribution in [2.24, 2.45) is 0 Å².